The summed E-state index contributed by atoms with van der Waals surface area (Å²) in [5, 5.41) is 4.14. The summed E-state index contributed by atoms with van der Waals surface area (Å²) < 4.78 is 5.48. The summed E-state index contributed by atoms with van der Waals surface area (Å²) in [7, 11) is 0. The molecule has 2 saturated heterocycles. The molecule has 4 rings (SSSR count). The molecular weight excluding hydrogens is 316 g/mol. The molecule has 6 nitrogen and oxygen atoms in total. The lowest BCUT2D eigenvalue weighted by Gasteiger charge is -2.36. The van der Waals surface area contributed by atoms with Crippen molar-refractivity contribution < 1.29 is 9.32 Å². The van der Waals surface area contributed by atoms with E-state index in [0.717, 1.165) is 50.0 Å². The first kappa shape index (κ1) is 16.3. The van der Waals surface area contributed by atoms with E-state index in [-0.39, 0.29) is 0 Å². The Morgan fingerprint density at radius 1 is 1.24 bits per heavy atom. The van der Waals surface area contributed by atoms with Gasteiger partial charge in [-0.15, -0.1) is 0 Å². The van der Waals surface area contributed by atoms with Gasteiger partial charge in [0.2, 0.25) is 17.6 Å². The lowest BCUT2D eigenvalue weighted by atomic mass is 10.0. The van der Waals surface area contributed by atoms with Gasteiger partial charge in [0, 0.05) is 31.1 Å². The molecule has 3 heterocycles. The van der Waals surface area contributed by atoms with Crippen LogP contribution >= 0.6 is 0 Å². The molecule has 1 aromatic carbocycles. The maximum atomic E-state index is 12.0. The summed E-state index contributed by atoms with van der Waals surface area (Å²) in [5.41, 5.74) is 2.15. The van der Waals surface area contributed by atoms with Crippen molar-refractivity contribution in [3.63, 3.8) is 0 Å². The van der Waals surface area contributed by atoms with Crippen LogP contribution in [0.4, 0.5) is 0 Å². The number of nitrogens with zero attached hydrogens (tertiary/aromatic N) is 4. The quantitative estimate of drug-likeness (QED) is 0.856. The van der Waals surface area contributed by atoms with Crippen LogP contribution in [0.2, 0.25) is 0 Å². The highest BCUT2D eigenvalue weighted by Crippen LogP contribution is 2.24. The zero-order valence-electron chi connectivity index (χ0n) is 14.6. The number of benzene rings is 1. The predicted octanol–water partition coefficient (Wildman–Crippen LogP) is 2.63. The molecule has 2 fully saturated rings. The van der Waals surface area contributed by atoms with Crippen molar-refractivity contribution in [2.45, 2.75) is 45.2 Å². The number of carbonyl (C=O) groups excluding carboxylic acids is 1. The third-order valence-electron chi connectivity index (χ3n) is 5.24. The fourth-order valence-corrected chi connectivity index (χ4v) is 3.93. The zero-order chi connectivity index (χ0) is 17.2. The van der Waals surface area contributed by atoms with E-state index in [4.69, 9.17) is 4.52 Å². The molecule has 2 aliphatic rings. The van der Waals surface area contributed by atoms with Gasteiger partial charge in [-0.3, -0.25) is 9.69 Å². The molecule has 1 atom stereocenters. The Hall–Kier alpha value is -2.21. The minimum Gasteiger partial charge on any atom is -0.338 e. The first-order valence-corrected chi connectivity index (χ1v) is 9.11. The van der Waals surface area contributed by atoms with Gasteiger partial charge in [-0.2, -0.15) is 4.98 Å². The minimum absolute atomic E-state index is 0.312. The number of aromatic nitrogens is 2. The second-order valence-electron chi connectivity index (χ2n) is 7.05. The average Bonchev–Trinajstić information content (AvgIpc) is 3.25. The third kappa shape index (κ3) is 3.44. The van der Waals surface area contributed by atoms with Crippen LogP contribution < -0.4 is 0 Å². The summed E-state index contributed by atoms with van der Waals surface area (Å²) in [6, 6.07) is 8.39. The highest BCUT2D eigenvalue weighted by molar-refractivity contribution is 5.78. The fourth-order valence-electron chi connectivity index (χ4n) is 3.93. The van der Waals surface area contributed by atoms with E-state index in [9.17, 15) is 4.79 Å². The molecule has 0 aliphatic carbocycles. The topological polar surface area (TPSA) is 62.5 Å². The van der Waals surface area contributed by atoms with Crippen molar-refractivity contribution >= 4 is 5.91 Å². The second kappa shape index (κ2) is 6.96. The molecule has 0 saturated carbocycles. The van der Waals surface area contributed by atoms with E-state index in [0.29, 0.717) is 36.6 Å². The number of likely N-dealkylation sites (tertiary alicyclic amines) is 2. The lowest BCUT2D eigenvalue weighted by Crippen LogP contribution is -2.48. The lowest BCUT2D eigenvalue weighted by molar-refractivity contribution is -0.130. The van der Waals surface area contributed by atoms with Crippen LogP contribution in [-0.2, 0) is 11.3 Å². The van der Waals surface area contributed by atoms with Crippen molar-refractivity contribution in [3.05, 3.63) is 35.7 Å². The number of amides is 1. The van der Waals surface area contributed by atoms with E-state index in [1.807, 2.05) is 31.2 Å². The maximum absolute atomic E-state index is 12.0. The number of hydrogen-bond acceptors (Lipinski definition) is 5. The van der Waals surface area contributed by atoms with Gasteiger partial charge < -0.3 is 9.42 Å². The summed E-state index contributed by atoms with van der Waals surface area (Å²) in [6.07, 6.45) is 3.91. The summed E-state index contributed by atoms with van der Waals surface area (Å²) in [6.45, 7) is 5.52. The number of hydrogen-bond donors (Lipinski definition) is 0. The predicted molar refractivity (Wildman–Crippen MR) is 93.7 cm³/mol. The van der Waals surface area contributed by atoms with E-state index in [2.05, 4.69) is 19.9 Å². The van der Waals surface area contributed by atoms with E-state index < -0.39 is 0 Å². The van der Waals surface area contributed by atoms with Crippen molar-refractivity contribution in [2.75, 3.05) is 19.6 Å². The molecule has 0 bridgehead atoms. The second-order valence-corrected chi connectivity index (χ2v) is 7.05. The van der Waals surface area contributed by atoms with Crippen molar-refractivity contribution in [1.29, 1.82) is 0 Å². The molecule has 2 aromatic rings. The van der Waals surface area contributed by atoms with Gasteiger partial charge in [0.05, 0.1) is 6.54 Å². The molecule has 0 N–H and O–H groups in total. The molecule has 0 unspecified atom stereocenters. The number of rotatable bonds is 4. The van der Waals surface area contributed by atoms with E-state index in [1.54, 1.807) is 0 Å². The number of aryl methyl sites for hydroxylation is 1. The molecule has 2 aliphatic heterocycles. The van der Waals surface area contributed by atoms with Gasteiger partial charge in [-0.05, 0) is 38.3 Å². The Kier molecular flexibility index (Phi) is 4.53. The first-order chi connectivity index (χ1) is 12.2. The highest BCUT2D eigenvalue weighted by Gasteiger charge is 2.31. The van der Waals surface area contributed by atoms with Crippen molar-refractivity contribution in [1.82, 2.24) is 19.9 Å². The Morgan fingerprint density at radius 3 is 2.92 bits per heavy atom. The Labute approximate surface area is 147 Å². The van der Waals surface area contributed by atoms with E-state index in [1.165, 1.54) is 0 Å². The van der Waals surface area contributed by atoms with Gasteiger partial charge >= 0.3 is 0 Å². The molecule has 1 amide bonds. The molecular formula is C19H24N4O2. The van der Waals surface area contributed by atoms with Crippen LogP contribution in [0, 0.1) is 6.92 Å². The summed E-state index contributed by atoms with van der Waals surface area (Å²) >= 11 is 0. The Balaban J connectivity index is 1.42. The molecule has 0 radical (unpaired) electrons. The van der Waals surface area contributed by atoms with Gasteiger partial charge in [0.15, 0.2) is 0 Å². The molecule has 25 heavy (non-hydrogen) atoms. The SMILES string of the molecule is Cc1ccccc1-c1noc(CN2CCC[C@@H](N3CCCC3=O)C2)n1. The molecule has 0 spiro atoms. The Morgan fingerprint density at radius 2 is 2.12 bits per heavy atom. The largest absolute Gasteiger partial charge is 0.338 e. The monoisotopic (exact) mass is 340 g/mol. The van der Waals surface area contributed by atoms with Crippen LogP contribution in [0.5, 0.6) is 0 Å². The highest BCUT2D eigenvalue weighted by atomic mass is 16.5. The normalized spacial score (nSPS) is 21.9. The van der Waals surface area contributed by atoms with Crippen LogP contribution in [0.1, 0.15) is 37.1 Å². The van der Waals surface area contributed by atoms with Crippen LogP contribution in [0.3, 0.4) is 0 Å². The van der Waals surface area contributed by atoms with Gasteiger partial charge in [-0.25, -0.2) is 0 Å². The molecule has 1 aromatic heterocycles. The van der Waals surface area contributed by atoms with Crippen LogP contribution in [0.25, 0.3) is 11.4 Å². The van der Waals surface area contributed by atoms with Gasteiger partial charge in [0.1, 0.15) is 0 Å². The average molecular weight is 340 g/mol. The van der Waals surface area contributed by atoms with Crippen LogP contribution in [-0.4, -0.2) is 51.5 Å². The smallest absolute Gasteiger partial charge is 0.241 e. The minimum atomic E-state index is 0.312. The third-order valence-corrected chi connectivity index (χ3v) is 5.24. The summed E-state index contributed by atoms with van der Waals surface area (Å²) in [5.74, 6) is 1.61. The molecule has 6 heteroatoms. The van der Waals surface area contributed by atoms with Crippen LogP contribution in [0.15, 0.2) is 28.8 Å². The first-order valence-electron chi connectivity index (χ1n) is 9.11. The number of piperidine rings is 1. The van der Waals surface area contributed by atoms with Gasteiger partial charge in [-0.1, -0.05) is 29.4 Å². The van der Waals surface area contributed by atoms with E-state index >= 15 is 0 Å². The fraction of sp³-hybridized carbons (Fsp3) is 0.526. The summed E-state index contributed by atoms with van der Waals surface area (Å²) in [4.78, 5) is 21.0. The van der Waals surface area contributed by atoms with Gasteiger partial charge in [0.25, 0.3) is 0 Å². The standard InChI is InChI=1S/C19H24N4O2/c1-14-6-2-3-8-16(14)19-20-17(25-21-19)13-22-10-4-7-15(12-22)23-11-5-9-18(23)24/h2-3,6,8,15H,4-5,7,9-13H2,1H3/t15-/m1/s1. The van der Waals surface area contributed by atoms with Crippen molar-refractivity contribution in [2.24, 2.45) is 0 Å². The maximum Gasteiger partial charge on any atom is 0.241 e. The Bertz CT molecular complexity index is 757. The van der Waals surface area contributed by atoms with Crippen molar-refractivity contribution in [3.8, 4) is 11.4 Å². The number of carbonyl (C=O) groups is 1. The molecule has 132 valence electrons. The zero-order valence-corrected chi connectivity index (χ0v) is 14.6.